The molecule has 2 aromatic heterocycles. The first-order valence-corrected chi connectivity index (χ1v) is 16.5. The topological polar surface area (TPSA) is 83.2 Å². The van der Waals surface area contributed by atoms with Gasteiger partial charge in [0.1, 0.15) is 0 Å². The first-order valence-electron chi connectivity index (χ1n) is 16.5. The Bertz CT molecular complexity index is 1610. The standard InChI is InChI=1S/C34H45F3N6O3/c1-40(17-14-29(44)46-3)20-23-18-27(34(35,36)37)28-22-42(32(45)43(28)21-23)26-13-9-12-25(19-26)30(24-10-8-11-24)31-38-39-33(41(31)2)15-6-4-5-7-16-33/h9,12-13,18-19,21-22,24,30-31,38-39H,4-8,10-11,14-17,20H2,1-3H3/t30-,31?/m1/s1. The molecule has 3 fully saturated rings. The number of hydrazine groups is 1. The fraction of sp³-hybridized carbons (Fsp3) is 0.588. The van der Waals surface area contributed by atoms with Crippen LogP contribution in [0.2, 0.25) is 0 Å². The van der Waals surface area contributed by atoms with E-state index in [4.69, 9.17) is 0 Å². The summed E-state index contributed by atoms with van der Waals surface area (Å²) in [4.78, 5) is 29.5. The summed E-state index contributed by atoms with van der Waals surface area (Å²) >= 11 is 0. The molecule has 1 aromatic carbocycles. The maximum Gasteiger partial charge on any atom is 0.418 e. The molecule has 9 nitrogen and oxygen atoms in total. The number of rotatable bonds is 9. The third-order valence-electron chi connectivity index (χ3n) is 10.5. The van der Waals surface area contributed by atoms with Gasteiger partial charge >= 0.3 is 17.8 Å². The van der Waals surface area contributed by atoms with Gasteiger partial charge in [-0.2, -0.15) is 13.2 Å². The average Bonchev–Trinajstić information content (AvgIpc) is 3.37. The van der Waals surface area contributed by atoms with Crippen molar-refractivity contribution in [1.82, 2.24) is 29.6 Å². The number of alkyl halides is 3. The van der Waals surface area contributed by atoms with Gasteiger partial charge < -0.3 is 9.64 Å². The lowest BCUT2D eigenvalue weighted by atomic mass is 9.71. The van der Waals surface area contributed by atoms with Crippen LogP contribution in [0.3, 0.4) is 0 Å². The zero-order valence-corrected chi connectivity index (χ0v) is 26.9. The van der Waals surface area contributed by atoms with Gasteiger partial charge in [-0.05, 0) is 75.0 Å². The van der Waals surface area contributed by atoms with Gasteiger partial charge in [-0.25, -0.2) is 15.6 Å². The molecule has 0 amide bonds. The molecule has 1 aliphatic heterocycles. The number of halogens is 3. The van der Waals surface area contributed by atoms with E-state index < -0.39 is 23.4 Å². The number of imidazole rings is 1. The third-order valence-corrected chi connectivity index (χ3v) is 10.5. The molecule has 2 N–H and O–H groups in total. The van der Waals surface area contributed by atoms with Crippen LogP contribution in [0.5, 0.6) is 0 Å². The summed E-state index contributed by atoms with van der Waals surface area (Å²) in [5.74, 6) is 0.224. The van der Waals surface area contributed by atoms with E-state index in [9.17, 15) is 22.8 Å². The van der Waals surface area contributed by atoms with E-state index in [0.717, 1.165) is 41.7 Å². The Labute approximate surface area is 267 Å². The zero-order valence-electron chi connectivity index (χ0n) is 26.9. The Kier molecular flexibility index (Phi) is 9.35. The zero-order chi connectivity index (χ0) is 32.6. The summed E-state index contributed by atoms with van der Waals surface area (Å²) in [5, 5.41) is 0. The number of carbonyl (C=O) groups excluding carboxylic acids is 1. The SMILES string of the molecule is COC(=O)CCN(C)Cc1cc(C(F)(F)F)c2cn(-c3cccc([C@@H](C4CCC4)C4NNC5(CCCCCC5)N4C)c3)c(=O)n2c1. The minimum absolute atomic E-state index is 0.0547. The monoisotopic (exact) mass is 642 g/mol. The predicted molar refractivity (Wildman–Crippen MR) is 169 cm³/mol. The van der Waals surface area contributed by atoms with Crippen LogP contribution in [0, 0.1) is 5.92 Å². The van der Waals surface area contributed by atoms with Crippen LogP contribution in [-0.4, -0.2) is 64.3 Å². The number of aromatic nitrogens is 2. The van der Waals surface area contributed by atoms with Crippen molar-refractivity contribution in [3.05, 3.63) is 69.9 Å². The summed E-state index contributed by atoms with van der Waals surface area (Å²) in [7, 11) is 5.20. The molecule has 3 heterocycles. The second kappa shape index (κ2) is 13.1. The maximum absolute atomic E-state index is 14.4. The van der Waals surface area contributed by atoms with E-state index in [1.807, 2.05) is 12.1 Å². The maximum atomic E-state index is 14.4. The van der Waals surface area contributed by atoms with Crippen molar-refractivity contribution < 1.29 is 22.7 Å². The number of ether oxygens (including phenoxy) is 1. The summed E-state index contributed by atoms with van der Waals surface area (Å²) < 4.78 is 50.1. The first kappa shape index (κ1) is 32.7. The lowest BCUT2D eigenvalue weighted by Gasteiger charge is -2.43. The van der Waals surface area contributed by atoms with Crippen molar-refractivity contribution >= 4 is 11.5 Å². The molecular weight excluding hydrogens is 597 g/mol. The smallest absolute Gasteiger partial charge is 0.418 e. The highest BCUT2D eigenvalue weighted by Crippen LogP contribution is 2.45. The van der Waals surface area contributed by atoms with Crippen molar-refractivity contribution in [2.45, 2.75) is 94.7 Å². The molecule has 6 rings (SSSR count). The lowest BCUT2D eigenvalue weighted by Crippen LogP contribution is -2.52. The normalized spacial score (nSPS) is 21.5. The second-order valence-electron chi connectivity index (χ2n) is 13.4. The fourth-order valence-electron chi connectivity index (χ4n) is 7.69. The number of likely N-dealkylation sites (N-methyl/N-ethyl adjacent to an activating group) is 1. The van der Waals surface area contributed by atoms with Crippen molar-refractivity contribution in [2.24, 2.45) is 5.92 Å². The molecule has 2 aliphatic carbocycles. The third kappa shape index (κ3) is 6.36. The van der Waals surface area contributed by atoms with Crippen LogP contribution in [0.1, 0.15) is 86.8 Å². The highest BCUT2D eigenvalue weighted by atomic mass is 19.4. The number of methoxy groups -OCH3 is 1. The van der Waals surface area contributed by atoms with Crippen molar-refractivity contribution in [3.63, 3.8) is 0 Å². The Morgan fingerprint density at radius 3 is 2.50 bits per heavy atom. The Hall–Kier alpha value is -3.19. The van der Waals surface area contributed by atoms with Gasteiger partial charge in [0.2, 0.25) is 0 Å². The molecule has 250 valence electrons. The van der Waals surface area contributed by atoms with Gasteiger partial charge in [0.15, 0.2) is 0 Å². The average molecular weight is 643 g/mol. The lowest BCUT2D eigenvalue weighted by molar-refractivity contribution is -0.141. The molecule has 1 spiro atoms. The number of carbonyl (C=O) groups is 1. The molecule has 2 saturated carbocycles. The van der Waals surface area contributed by atoms with E-state index in [1.165, 1.54) is 56.2 Å². The quantitative estimate of drug-likeness (QED) is 0.303. The molecule has 1 unspecified atom stereocenters. The number of pyridine rings is 1. The van der Waals surface area contributed by atoms with Crippen molar-refractivity contribution in [3.8, 4) is 5.69 Å². The summed E-state index contributed by atoms with van der Waals surface area (Å²) in [6.45, 7) is 0.433. The molecule has 2 atom stereocenters. The number of hydrogen-bond donors (Lipinski definition) is 2. The van der Waals surface area contributed by atoms with Crippen LogP contribution >= 0.6 is 0 Å². The van der Waals surface area contributed by atoms with Gasteiger partial charge in [-0.3, -0.25) is 18.7 Å². The number of fused-ring (bicyclic) bond motifs is 1. The molecule has 3 aliphatic rings. The van der Waals surface area contributed by atoms with Crippen LogP contribution in [0.4, 0.5) is 13.2 Å². The molecule has 1 saturated heterocycles. The van der Waals surface area contributed by atoms with Crippen molar-refractivity contribution in [2.75, 3.05) is 27.7 Å². The van der Waals surface area contributed by atoms with Crippen LogP contribution in [0.25, 0.3) is 11.2 Å². The molecular formula is C34H45F3N6O3. The first-order chi connectivity index (χ1) is 22.0. The Morgan fingerprint density at radius 2 is 1.85 bits per heavy atom. The minimum atomic E-state index is -4.67. The minimum Gasteiger partial charge on any atom is -0.469 e. The van der Waals surface area contributed by atoms with Gasteiger partial charge in [-0.1, -0.05) is 44.2 Å². The van der Waals surface area contributed by atoms with Gasteiger partial charge in [0.05, 0.1) is 42.1 Å². The number of nitrogens with one attached hydrogen (secondary N) is 2. The Morgan fingerprint density at radius 1 is 1.11 bits per heavy atom. The second-order valence-corrected chi connectivity index (χ2v) is 13.4. The molecule has 12 heteroatoms. The number of esters is 1. The molecule has 0 radical (unpaired) electrons. The van der Waals surface area contributed by atoms with E-state index >= 15 is 0 Å². The summed E-state index contributed by atoms with van der Waals surface area (Å²) in [5.41, 5.74) is 7.54. The highest BCUT2D eigenvalue weighted by molar-refractivity contribution is 5.69. The fourth-order valence-corrected chi connectivity index (χ4v) is 7.69. The van der Waals surface area contributed by atoms with Gasteiger partial charge in [0, 0.05) is 31.4 Å². The van der Waals surface area contributed by atoms with E-state index in [0.29, 0.717) is 23.7 Å². The van der Waals surface area contributed by atoms with Crippen LogP contribution in [-0.2, 0) is 22.3 Å². The number of benzene rings is 1. The number of nitrogens with zero attached hydrogens (tertiary/aromatic N) is 4. The Balaban J connectivity index is 1.34. The molecule has 3 aromatic rings. The summed E-state index contributed by atoms with van der Waals surface area (Å²) in [6.07, 6.45) is 8.73. The largest absolute Gasteiger partial charge is 0.469 e. The summed E-state index contributed by atoms with van der Waals surface area (Å²) in [6, 6.07) is 8.85. The van der Waals surface area contributed by atoms with Crippen molar-refractivity contribution in [1.29, 1.82) is 0 Å². The van der Waals surface area contributed by atoms with E-state index in [1.54, 1.807) is 18.0 Å². The van der Waals surface area contributed by atoms with Gasteiger partial charge in [0.25, 0.3) is 0 Å². The van der Waals surface area contributed by atoms with E-state index in [2.05, 4.69) is 33.6 Å². The van der Waals surface area contributed by atoms with Crippen LogP contribution < -0.4 is 16.5 Å². The molecule has 0 bridgehead atoms. The molecule has 46 heavy (non-hydrogen) atoms. The van der Waals surface area contributed by atoms with Gasteiger partial charge in [-0.15, -0.1) is 0 Å². The predicted octanol–water partition coefficient (Wildman–Crippen LogP) is 5.40. The number of hydrogen-bond acceptors (Lipinski definition) is 7. The highest BCUT2D eigenvalue weighted by Gasteiger charge is 2.48. The van der Waals surface area contributed by atoms with Crippen LogP contribution in [0.15, 0.2) is 47.5 Å². The van der Waals surface area contributed by atoms with E-state index in [-0.39, 0.29) is 36.2 Å².